The molecule has 0 saturated heterocycles. The number of carboxylic acids is 1. The van der Waals surface area contributed by atoms with Crippen molar-refractivity contribution in [2.24, 2.45) is 0 Å². The Balaban J connectivity index is 2.55. The van der Waals surface area contributed by atoms with Crippen molar-refractivity contribution in [2.45, 2.75) is 19.8 Å². The van der Waals surface area contributed by atoms with E-state index in [9.17, 15) is 9.90 Å². The number of halogens is 1. The van der Waals surface area contributed by atoms with Gasteiger partial charge in [0.15, 0.2) is 5.69 Å². The maximum absolute atomic E-state index is 11.2. The van der Waals surface area contributed by atoms with Crippen LogP contribution < -0.4 is 0 Å². The predicted octanol–water partition coefficient (Wildman–Crippen LogP) is 4.39. The Morgan fingerprint density at radius 1 is 1.33 bits per heavy atom. The predicted molar refractivity (Wildman–Crippen MR) is 76.3 cm³/mol. The summed E-state index contributed by atoms with van der Waals surface area (Å²) in [5.41, 5.74) is 1.03. The maximum atomic E-state index is 11.2. The molecule has 3 nitrogen and oxygen atoms in total. The van der Waals surface area contributed by atoms with Gasteiger partial charge in [-0.25, -0.2) is 9.78 Å². The van der Waals surface area contributed by atoms with Crippen molar-refractivity contribution in [1.29, 1.82) is 0 Å². The van der Waals surface area contributed by atoms with E-state index < -0.39 is 5.97 Å². The maximum Gasteiger partial charge on any atom is 0.356 e. The normalized spacial score (nSPS) is 10.9. The van der Waals surface area contributed by atoms with Gasteiger partial charge in [0.2, 0.25) is 0 Å². The summed E-state index contributed by atoms with van der Waals surface area (Å²) in [4.78, 5) is 16.2. The molecule has 0 aliphatic rings. The molecule has 0 saturated carbocycles. The molecule has 0 fully saturated rings. The summed E-state index contributed by atoms with van der Waals surface area (Å²) in [6.07, 6.45) is 0. The van der Waals surface area contributed by atoms with Gasteiger partial charge in [0.05, 0.1) is 9.88 Å². The quantitative estimate of drug-likeness (QED) is 0.910. The van der Waals surface area contributed by atoms with Crippen molar-refractivity contribution in [1.82, 2.24) is 4.98 Å². The number of rotatable bonds is 3. The van der Waals surface area contributed by atoms with Crippen molar-refractivity contribution in [3.05, 3.63) is 39.4 Å². The van der Waals surface area contributed by atoms with Crippen LogP contribution >= 0.6 is 27.3 Å². The molecule has 94 valence electrons. The first-order valence-corrected chi connectivity index (χ1v) is 7.10. The summed E-state index contributed by atoms with van der Waals surface area (Å²) >= 11 is 4.81. The first-order valence-electron chi connectivity index (χ1n) is 5.49. The molecule has 18 heavy (non-hydrogen) atoms. The minimum atomic E-state index is -0.976. The molecule has 0 aliphatic heterocycles. The van der Waals surface area contributed by atoms with Crippen LogP contribution in [0.4, 0.5) is 0 Å². The van der Waals surface area contributed by atoms with E-state index in [1.54, 1.807) is 0 Å². The molecule has 0 aliphatic carbocycles. The van der Waals surface area contributed by atoms with Gasteiger partial charge in [0.25, 0.3) is 0 Å². The number of carboxylic acid groups (broad SMARTS) is 1. The number of carbonyl (C=O) groups is 1. The average molecular weight is 326 g/mol. The van der Waals surface area contributed by atoms with E-state index in [0.29, 0.717) is 0 Å². The lowest BCUT2D eigenvalue weighted by atomic mass is 10.1. The number of benzene rings is 1. The van der Waals surface area contributed by atoms with Crippen molar-refractivity contribution in [3.8, 4) is 10.4 Å². The van der Waals surface area contributed by atoms with Crippen LogP contribution in [0.25, 0.3) is 10.4 Å². The molecule has 1 heterocycles. The van der Waals surface area contributed by atoms with E-state index >= 15 is 0 Å². The molecule has 0 radical (unpaired) electrons. The lowest BCUT2D eigenvalue weighted by molar-refractivity contribution is 0.0692. The van der Waals surface area contributed by atoms with Gasteiger partial charge in [0.1, 0.15) is 0 Å². The second-order valence-electron chi connectivity index (χ2n) is 4.20. The second kappa shape index (κ2) is 5.20. The number of thiazole rings is 1. The molecular weight excluding hydrogens is 314 g/mol. The summed E-state index contributed by atoms with van der Waals surface area (Å²) < 4.78 is 0.969. The standard InChI is InChI=1S/C13H12BrNO2S/c1-7(2)12-15-10(13(16)17)11(18-12)8-3-5-9(14)6-4-8/h3-7H,1-2H3,(H,16,17). The number of hydrogen-bond acceptors (Lipinski definition) is 3. The average Bonchev–Trinajstić information content (AvgIpc) is 2.75. The Morgan fingerprint density at radius 2 is 1.94 bits per heavy atom. The SMILES string of the molecule is CC(C)c1nc(C(=O)O)c(-c2ccc(Br)cc2)s1. The molecule has 0 unspecified atom stereocenters. The van der Waals surface area contributed by atoms with Crippen LogP contribution in [0, 0.1) is 0 Å². The molecule has 1 aromatic heterocycles. The van der Waals surface area contributed by atoms with Gasteiger partial charge in [-0.2, -0.15) is 0 Å². The summed E-state index contributed by atoms with van der Waals surface area (Å²) in [6.45, 7) is 4.02. The zero-order valence-corrected chi connectivity index (χ0v) is 12.4. The van der Waals surface area contributed by atoms with E-state index in [-0.39, 0.29) is 11.6 Å². The van der Waals surface area contributed by atoms with Crippen molar-refractivity contribution >= 4 is 33.2 Å². The fourth-order valence-corrected chi connectivity index (χ4v) is 2.86. The molecule has 0 amide bonds. The first-order chi connectivity index (χ1) is 8.49. The lowest BCUT2D eigenvalue weighted by Gasteiger charge is -1.99. The van der Waals surface area contributed by atoms with Crippen LogP contribution in [0.15, 0.2) is 28.7 Å². The Morgan fingerprint density at radius 3 is 2.44 bits per heavy atom. The molecule has 0 spiro atoms. The third-order valence-electron chi connectivity index (χ3n) is 2.45. The Kier molecular flexibility index (Phi) is 3.82. The van der Waals surface area contributed by atoms with Crippen LogP contribution in [-0.4, -0.2) is 16.1 Å². The zero-order chi connectivity index (χ0) is 13.3. The number of aromatic carboxylic acids is 1. The van der Waals surface area contributed by atoms with Gasteiger partial charge >= 0.3 is 5.97 Å². The van der Waals surface area contributed by atoms with Crippen LogP contribution in [0.5, 0.6) is 0 Å². The summed E-state index contributed by atoms with van der Waals surface area (Å²) in [5.74, 6) is -0.742. The molecule has 2 rings (SSSR count). The summed E-state index contributed by atoms with van der Waals surface area (Å²) in [6, 6.07) is 7.59. The fourth-order valence-electron chi connectivity index (χ4n) is 1.53. The van der Waals surface area contributed by atoms with Gasteiger partial charge in [-0.1, -0.05) is 41.9 Å². The largest absolute Gasteiger partial charge is 0.476 e. The van der Waals surface area contributed by atoms with Gasteiger partial charge in [0, 0.05) is 10.4 Å². The van der Waals surface area contributed by atoms with Gasteiger partial charge in [-0.3, -0.25) is 0 Å². The van der Waals surface area contributed by atoms with Gasteiger partial charge in [-0.15, -0.1) is 11.3 Å². The Bertz CT molecular complexity index is 575. The van der Waals surface area contributed by atoms with Crippen molar-refractivity contribution in [3.63, 3.8) is 0 Å². The smallest absolute Gasteiger partial charge is 0.356 e. The van der Waals surface area contributed by atoms with Crippen LogP contribution in [-0.2, 0) is 0 Å². The zero-order valence-electron chi connectivity index (χ0n) is 9.98. The van der Waals surface area contributed by atoms with E-state index in [4.69, 9.17) is 0 Å². The highest BCUT2D eigenvalue weighted by atomic mass is 79.9. The monoisotopic (exact) mass is 325 g/mol. The second-order valence-corrected chi connectivity index (χ2v) is 6.14. The van der Waals surface area contributed by atoms with Crippen molar-refractivity contribution in [2.75, 3.05) is 0 Å². The van der Waals surface area contributed by atoms with E-state index in [1.807, 2.05) is 38.1 Å². The highest BCUT2D eigenvalue weighted by Gasteiger charge is 2.19. The summed E-state index contributed by atoms with van der Waals surface area (Å²) in [7, 11) is 0. The van der Waals surface area contributed by atoms with E-state index in [2.05, 4.69) is 20.9 Å². The molecule has 0 bridgehead atoms. The highest BCUT2D eigenvalue weighted by Crippen LogP contribution is 2.34. The minimum Gasteiger partial charge on any atom is -0.476 e. The third kappa shape index (κ3) is 2.62. The minimum absolute atomic E-state index is 0.144. The van der Waals surface area contributed by atoms with E-state index in [1.165, 1.54) is 11.3 Å². The van der Waals surface area contributed by atoms with Crippen LogP contribution in [0.2, 0.25) is 0 Å². The Hall–Kier alpha value is -1.20. The van der Waals surface area contributed by atoms with Crippen LogP contribution in [0.1, 0.15) is 35.3 Å². The molecule has 0 atom stereocenters. The number of aromatic nitrogens is 1. The molecule has 5 heteroatoms. The molecule has 2 aromatic rings. The highest BCUT2D eigenvalue weighted by molar-refractivity contribution is 9.10. The molecule has 1 aromatic carbocycles. The fraction of sp³-hybridized carbons (Fsp3) is 0.231. The first kappa shape index (κ1) is 13.2. The third-order valence-corrected chi connectivity index (χ3v) is 4.38. The van der Waals surface area contributed by atoms with E-state index in [0.717, 1.165) is 19.9 Å². The van der Waals surface area contributed by atoms with Gasteiger partial charge in [-0.05, 0) is 17.7 Å². The number of nitrogens with zero attached hydrogens (tertiary/aromatic N) is 1. The van der Waals surface area contributed by atoms with Crippen LogP contribution in [0.3, 0.4) is 0 Å². The van der Waals surface area contributed by atoms with Crippen molar-refractivity contribution < 1.29 is 9.90 Å². The Labute approximate surface area is 118 Å². The molecule has 1 N–H and O–H groups in total. The van der Waals surface area contributed by atoms with Gasteiger partial charge < -0.3 is 5.11 Å². The topological polar surface area (TPSA) is 50.2 Å². The lowest BCUT2D eigenvalue weighted by Crippen LogP contribution is -1.99. The summed E-state index contributed by atoms with van der Waals surface area (Å²) in [5, 5.41) is 10.1. The molecular formula is C13H12BrNO2S. The number of hydrogen-bond donors (Lipinski definition) is 1.